The number of ether oxygens (including phenoxy) is 2. The van der Waals surface area contributed by atoms with Crippen molar-refractivity contribution in [3.05, 3.63) is 23.3 Å². The van der Waals surface area contributed by atoms with Crippen LogP contribution in [0.4, 0.5) is 0 Å². The minimum Gasteiger partial charge on any atom is -0.459 e. The maximum absolute atomic E-state index is 13.3. The molecule has 0 radical (unpaired) electrons. The van der Waals surface area contributed by atoms with Crippen molar-refractivity contribution in [3.63, 3.8) is 0 Å². The highest BCUT2D eigenvalue weighted by molar-refractivity contribution is 8.47. The third kappa shape index (κ3) is 24.2. The number of hydrogen-bond donors (Lipinski definition) is 0. The van der Waals surface area contributed by atoms with Crippen LogP contribution in [-0.2, 0) is 19.1 Å². The maximum Gasteiger partial charge on any atom is 0.331 e. The Balaban J connectivity index is 5.24. The molecule has 0 spiro atoms. The quantitative estimate of drug-likeness (QED) is 0.0425. The summed E-state index contributed by atoms with van der Waals surface area (Å²) < 4.78 is 12.1. The fourth-order valence-electron chi connectivity index (χ4n) is 4.66. The molecule has 0 heterocycles. The van der Waals surface area contributed by atoms with Crippen LogP contribution in [-0.4, -0.2) is 37.7 Å². The molecule has 0 aromatic heterocycles. The van der Waals surface area contributed by atoms with Crippen LogP contribution in [0.25, 0.3) is 0 Å². The summed E-state index contributed by atoms with van der Waals surface area (Å²) in [5.74, 6) is 1.05. The molecule has 0 saturated heterocycles. The van der Waals surface area contributed by atoms with Crippen molar-refractivity contribution >= 4 is 51.2 Å². The molecule has 4 nitrogen and oxygen atoms in total. The maximum atomic E-state index is 13.3. The van der Waals surface area contributed by atoms with Crippen LogP contribution >= 0.6 is 35.7 Å². The van der Waals surface area contributed by atoms with Gasteiger partial charge in [0, 0.05) is 6.08 Å². The Bertz CT molecular complexity index is 878. The highest BCUT2D eigenvalue weighted by atomic mass is 32.2. The molecule has 0 bridgehead atoms. The molecule has 1 unspecified atom stereocenters. The van der Waals surface area contributed by atoms with E-state index in [0.717, 1.165) is 39.7 Å². The smallest absolute Gasteiger partial charge is 0.331 e. The average molecular weight is 657 g/mol. The van der Waals surface area contributed by atoms with Gasteiger partial charge in [0.05, 0.1) is 0 Å². The summed E-state index contributed by atoms with van der Waals surface area (Å²) in [4.78, 5) is 25.8. The van der Waals surface area contributed by atoms with Gasteiger partial charge in [0.1, 0.15) is 20.0 Å². The molecular formula is C36H64O4S3. The van der Waals surface area contributed by atoms with Crippen LogP contribution < -0.4 is 0 Å². The Morgan fingerprint density at radius 1 is 0.791 bits per heavy atom. The van der Waals surface area contributed by atoms with Gasteiger partial charge in [-0.15, -0.1) is 11.8 Å². The van der Waals surface area contributed by atoms with E-state index in [4.69, 9.17) is 21.7 Å². The first-order valence-electron chi connectivity index (χ1n) is 16.6. The van der Waals surface area contributed by atoms with Gasteiger partial charge < -0.3 is 9.47 Å². The number of carbonyl (C=O) groups excluding carboxylic acids is 2. The van der Waals surface area contributed by atoms with E-state index in [1.54, 1.807) is 17.8 Å². The van der Waals surface area contributed by atoms with E-state index < -0.39 is 16.5 Å². The lowest BCUT2D eigenvalue weighted by atomic mass is 9.87. The van der Waals surface area contributed by atoms with E-state index in [2.05, 4.69) is 26.8 Å². The van der Waals surface area contributed by atoms with Gasteiger partial charge in [-0.25, -0.2) is 4.79 Å². The molecule has 0 fully saturated rings. The number of carbonyl (C=O) groups is 2. The van der Waals surface area contributed by atoms with E-state index >= 15 is 0 Å². The van der Waals surface area contributed by atoms with Crippen LogP contribution in [0.5, 0.6) is 0 Å². The molecule has 0 rings (SSSR count). The highest BCUT2D eigenvalue weighted by Crippen LogP contribution is 2.32. The fraction of sp³-hybridized carbons (Fsp3) is 0.806. The van der Waals surface area contributed by atoms with E-state index in [0.29, 0.717) is 5.92 Å². The molecule has 0 N–H and O–H groups in total. The van der Waals surface area contributed by atoms with Crippen molar-refractivity contribution in [1.29, 1.82) is 0 Å². The van der Waals surface area contributed by atoms with Gasteiger partial charge in [-0.05, 0) is 92.2 Å². The molecule has 0 aliphatic heterocycles. The third-order valence-electron chi connectivity index (χ3n) is 6.84. The van der Waals surface area contributed by atoms with Gasteiger partial charge in [0.2, 0.25) is 0 Å². The molecule has 2 atom stereocenters. The third-order valence-corrected chi connectivity index (χ3v) is 9.85. The number of hydrogen-bond acceptors (Lipinski definition) is 7. The second kappa shape index (κ2) is 22.7. The molecule has 0 aliphatic rings. The molecule has 0 aliphatic carbocycles. The first-order valence-corrected chi connectivity index (χ1v) is 18.9. The van der Waals surface area contributed by atoms with Gasteiger partial charge in [-0.1, -0.05) is 120 Å². The van der Waals surface area contributed by atoms with Crippen molar-refractivity contribution in [2.24, 2.45) is 11.8 Å². The zero-order chi connectivity index (χ0) is 33.1. The molecule has 0 amide bonds. The molecule has 7 heteroatoms. The molecule has 0 saturated carbocycles. The van der Waals surface area contributed by atoms with E-state index in [-0.39, 0.29) is 17.9 Å². The van der Waals surface area contributed by atoms with Crippen molar-refractivity contribution in [1.82, 2.24) is 0 Å². The van der Waals surface area contributed by atoms with Gasteiger partial charge in [-0.2, -0.15) is 0 Å². The lowest BCUT2D eigenvalue weighted by molar-refractivity contribution is -0.153. The first kappa shape index (κ1) is 42.2. The van der Waals surface area contributed by atoms with Crippen molar-refractivity contribution < 1.29 is 19.1 Å². The summed E-state index contributed by atoms with van der Waals surface area (Å²) in [5.41, 5.74) is 0.837. The second-order valence-corrected chi connectivity index (χ2v) is 17.6. The monoisotopic (exact) mass is 656 g/mol. The number of esters is 2. The number of allylic oxidation sites excluding steroid dienone is 2. The number of unbranched alkanes of at least 4 members (excludes halogenated alkanes) is 9. The fourth-order valence-corrected chi connectivity index (χ4v) is 7.15. The predicted molar refractivity (Wildman–Crippen MR) is 195 cm³/mol. The number of thioether (sulfide) groups is 2. The molecule has 43 heavy (non-hydrogen) atoms. The Morgan fingerprint density at radius 3 is 1.79 bits per heavy atom. The van der Waals surface area contributed by atoms with Gasteiger partial charge >= 0.3 is 11.9 Å². The zero-order valence-electron chi connectivity index (χ0n) is 29.4. The second-order valence-electron chi connectivity index (χ2n) is 14.2. The number of thiocarbonyl (C=S) groups is 1. The Kier molecular flexibility index (Phi) is 22.3. The number of rotatable bonds is 20. The van der Waals surface area contributed by atoms with E-state index in [1.165, 1.54) is 69.5 Å². The Morgan fingerprint density at radius 2 is 1.30 bits per heavy atom. The topological polar surface area (TPSA) is 52.6 Å². The summed E-state index contributed by atoms with van der Waals surface area (Å²) in [6.07, 6.45) is 18.6. The van der Waals surface area contributed by atoms with Crippen LogP contribution in [0, 0.1) is 11.8 Å². The predicted octanol–water partition coefficient (Wildman–Crippen LogP) is 11.7. The van der Waals surface area contributed by atoms with Crippen LogP contribution in [0.1, 0.15) is 153 Å². The Hall–Kier alpha value is -0.790. The van der Waals surface area contributed by atoms with Crippen molar-refractivity contribution in [2.45, 2.75) is 170 Å². The van der Waals surface area contributed by atoms with Crippen LogP contribution in [0.15, 0.2) is 23.3 Å². The normalized spacial score (nSPS) is 14.5. The minimum absolute atomic E-state index is 0.171. The zero-order valence-corrected chi connectivity index (χ0v) is 31.9. The summed E-state index contributed by atoms with van der Waals surface area (Å²) >= 11 is 8.86. The summed E-state index contributed by atoms with van der Waals surface area (Å²) in [5, 5.41) is -0.484. The highest BCUT2D eigenvalue weighted by Gasteiger charge is 2.29. The molecule has 250 valence electrons. The summed E-state index contributed by atoms with van der Waals surface area (Å²) in [6.45, 7) is 21.9. The minimum atomic E-state index is -0.576. The van der Waals surface area contributed by atoms with E-state index in [1.807, 2.05) is 55.4 Å². The lowest BCUT2D eigenvalue weighted by Crippen LogP contribution is -2.31. The van der Waals surface area contributed by atoms with Gasteiger partial charge in [-0.3, -0.25) is 4.79 Å². The van der Waals surface area contributed by atoms with Crippen LogP contribution in [0.3, 0.4) is 0 Å². The summed E-state index contributed by atoms with van der Waals surface area (Å²) in [6, 6.07) is 0. The average Bonchev–Trinajstić information content (AvgIpc) is 2.85. The summed E-state index contributed by atoms with van der Waals surface area (Å²) in [7, 11) is 0. The standard InChI is InChI=1S/C36H64O4S3/c1-12-13-14-15-16-17-18-19-20-21-24-42-34(41)43-32(33(38)40-36(9,10)11)28(4)22-23-30(25-27(2)3)29(5)26-31(37)39-35(6,7)8/h22,26-27,30,32H,12-21,23-25H2,1-11H3/b28-22+,29-26?/t30?,32-/m1/s1. The van der Waals surface area contributed by atoms with Gasteiger partial charge in [0.15, 0.2) is 0 Å². The molecular weight excluding hydrogens is 593 g/mol. The first-order chi connectivity index (χ1) is 19.9. The Labute approximate surface area is 279 Å². The van der Waals surface area contributed by atoms with Crippen molar-refractivity contribution in [3.8, 4) is 0 Å². The lowest BCUT2D eigenvalue weighted by Gasteiger charge is -2.25. The van der Waals surface area contributed by atoms with Crippen molar-refractivity contribution in [2.75, 3.05) is 5.75 Å². The van der Waals surface area contributed by atoms with Gasteiger partial charge in [0.25, 0.3) is 0 Å². The molecule has 0 aromatic rings. The SMILES string of the molecule is CCCCCCCCCCCCSC(=S)S[C@@H](C(=O)OC(C)(C)C)/C(C)=C/CC(CC(C)C)C(C)=CC(=O)OC(C)(C)C. The molecule has 0 aromatic carbocycles. The largest absolute Gasteiger partial charge is 0.459 e. The van der Waals surface area contributed by atoms with Crippen LogP contribution in [0.2, 0.25) is 0 Å². The van der Waals surface area contributed by atoms with E-state index in [9.17, 15) is 9.59 Å².